The molecule has 1 unspecified atom stereocenters. The number of hydrogen-bond acceptors (Lipinski definition) is 1. The van der Waals surface area contributed by atoms with E-state index in [0.717, 1.165) is 6.54 Å². The van der Waals surface area contributed by atoms with Gasteiger partial charge in [0.05, 0.1) is 6.04 Å². The molecule has 0 aromatic rings. The van der Waals surface area contributed by atoms with E-state index < -0.39 is 0 Å². The fourth-order valence-electron chi connectivity index (χ4n) is 0.875. The van der Waals surface area contributed by atoms with Gasteiger partial charge in [0.15, 0.2) is 0 Å². The molecule has 0 spiro atoms. The number of nitrogens with one attached hydrogen (secondary N) is 2. The Labute approximate surface area is 88.7 Å². The Kier molecular flexibility index (Phi) is 11.6. The predicted octanol–water partition coefficient (Wildman–Crippen LogP) is 2.77. The van der Waals surface area contributed by atoms with Crippen LogP contribution in [-0.2, 0) is 0 Å². The zero-order chi connectivity index (χ0) is 11.6. The molecule has 0 aromatic carbocycles. The van der Waals surface area contributed by atoms with Crippen molar-refractivity contribution in [3.63, 3.8) is 0 Å². The molecular formula is C11H26N2O. The van der Waals surface area contributed by atoms with Gasteiger partial charge in [0.2, 0.25) is 0 Å². The topological polar surface area (TPSA) is 41.1 Å². The summed E-state index contributed by atoms with van der Waals surface area (Å²) in [5, 5.41) is 5.50. The highest BCUT2D eigenvalue weighted by Gasteiger charge is 2.21. The van der Waals surface area contributed by atoms with Gasteiger partial charge in [-0.3, -0.25) is 0 Å². The van der Waals surface area contributed by atoms with E-state index in [1.165, 1.54) is 6.42 Å². The number of carbonyl (C=O) groups is 1. The van der Waals surface area contributed by atoms with E-state index in [1.54, 1.807) is 0 Å². The van der Waals surface area contributed by atoms with Crippen LogP contribution >= 0.6 is 0 Å². The number of urea groups is 1. The first-order chi connectivity index (χ1) is 6.61. The van der Waals surface area contributed by atoms with Crippen molar-refractivity contribution in [3.8, 4) is 0 Å². The quantitative estimate of drug-likeness (QED) is 0.674. The van der Waals surface area contributed by atoms with Crippen molar-refractivity contribution in [1.82, 2.24) is 10.6 Å². The standard InChI is InChI=1S/C6H12N2O.C3H8.C2H6/c1-4(2)5-3-7-6(9)8-5;1-3-2;1-2/h4-5H,3H2,1-2H3,(H2,7,8,9);3H2,1-2H3;1-2H3. The highest BCUT2D eigenvalue weighted by Crippen LogP contribution is 2.02. The van der Waals surface area contributed by atoms with E-state index in [9.17, 15) is 4.79 Å². The maximum atomic E-state index is 10.5. The maximum absolute atomic E-state index is 10.5. The van der Waals surface area contributed by atoms with Crippen LogP contribution in [0.1, 0.15) is 48.0 Å². The molecule has 1 saturated heterocycles. The van der Waals surface area contributed by atoms with E-state index in [1.807, 2.05) is 13.8 Å². The van der Waals surface area contributed by atoms with Gasteiger partial charge in [0.1, 0.15) is 0 Å². The lowest BCUT2D eigenvalue weighted by molar-refractivity contribution is 0.246. The van der Waals surface area contributed by atoms with Crippen molar-refractivity contribution < 1.29 is 4.79 Å². The molecule has 2 N–H and O–H groups in total. The summed E-state index contributed by atoms with van der Waals surface area (Å²) in [6.07, 6.45) is 1.25. The van der Waals surface area contributed by atoms with Crippen molar-refractivity contribution >= 4 is 6.03 Å². The van der Waals surface area contributed by atoms with E-state index >= 15 is 0 Å². The molecule has 1 aliphatic heterocycles. The summed E-state index contributed by atoms with van der Waals surface area (Å²) < 4.78 is 0. The Bertz CT molecular complexity index is 135. The van der Waals surface area contributed by atoms with Crippen LogP contribution in [0, 0.1) is 5.92 Å². The molecule has 1 heterocycles. The van der Waals surface area contributed by atoms with E-state index in [2.05, 4.69) is 38.3 Å². The SMILES string of the molecule is CC.CC(C)C1CNC(=O)N1.CCC. The molecule has 14 heavy (non-hydrogen) atoms. The number of rotatable bonds is 1. The molecule has 3 nitrogen and oxygen atoms in total. The Morgan fingerprint density at radius 3 is 1.93 bits per heavy atom. The van der Waals surface area contributed by atoms with Crippen LogP contribution in [0.3, 0.4) is 0 Å². The lowest BCUT2D eigenvalue weighted by atomic mass is 10.1. The van der Waals surface area contributed by atoms with Crippen LogP contribution < -0.4 is 10.6 Å². The molecule has 0 bridgehead atoms. The van der Waals surface area contributed by atoms with E-state index in [-0.39, 0.29) is 6.03 Å². The first kappa shape index (κ1) is 15.7. The van der Waals surface area contributed by atoms with Crippen molar-refractivity contribution in [2.75, 3.05) is 6.54 Å². The van der Waals surface area contributed by atoms with Crippen molar-refractivity contribution in [2.24, 2.45) is 5.92 Å². The number of carbonyl (C=O) groups excluding carboxylic acids is 1. The molecule has 86 valence electrons. The number of hydrogen-bond donors (Lipinski definition) is 2. The normalized spacial score (nSPS) is 18.5. The Balaban J connectivity index is 0. The minimum absolute atomic E-state index is 0.0336. The lowest BCUT2D eigenvalue weighted by Gasteiger charge is -2.10. The van der Waals surface area contributed by atoms with Gasteiger partial charge in [-0.25, -0.2) is 4.79 Å². The molecule has 1 atom stereocenters. The summed E-state index contributed by atoms with van der Waals surface area (Å²) in [5.41, 5.74) is 0. The fraction of sp³-hybridized carbons (Fsp3) is 0.909. The minimum atomic E-state index is -0.0336. The second-order valence-electron chi connectivity index (χ2n) is 3.41. The summed E-state index contributed by atoms with van der Waals surface area (Å²) >= 11 is 0. The molecule has 3 heteroatoms. The molecule has 1 fully saturated rings. The third-order valence-electron chi connectivity index (χ3n) is 1.60. The van der Waals surface area contributed by atoms with Crippen LogP contribution in [0.5, 0.6) is 0 Å². The zero-order valence-corrected chi connectivity index (χ0v) is 10.5. The van der Waals surface area contributed by atoms with Crippen molar-refractivity contribution in [1.29, 1.82) is 0 Å². The monoisotopic (exact) mass is 202 g/mol. The summed E-state index contributed by atoms with van der Waals surface area (Å²) in [5.74, 6) is 0.531. The Hall–Kier alpha value is -0.730. The Morgan fingerprint density at radius 2 is 1.79 bits per heavy atom. The van der Waals surface area contributed by atoms with Gasteiger partial charge in [-0.15, -0.1) is 0 Å². The van der Waals surface area contributed by atoms with E-state index in [0.29, 0.717) is 12.0 Å². The molecule has 0 saturated carbocycles. The largest absolute Gasteiger partial charge is 0.336 e. The summed E-state index contributed by atoms with van der Waals surface area (Å²) in [4.78, 5) is 10.5. The predicted molar refractivity (Wildman–Crippen MR) is 62.5 cm³/mol. The van der Waals surface area contributed by atoms with Crippen molar-refractivity contribution in [3.05, 3.63) is 0 Å². The fourth-order valence-corrected chi connectivity index (χ4v) is 0.875. The highest BCUT2D eigenvalue weighted by atomic mass is 16.2. The molecule has 1 rings (SSSR count). The third kappa shape index (κ3) is 7.90. The summed E-state index contributed by atoms with van der Waals surface area (Å²) in [6, 6.07) is 0.297. The van der Waals surface area contributed by atoms with Crippen LogP contribution in [0.2, 0.25) is 0 Å². The van der Waals surface area contributed by atoms with Crippen LogP contribution in [-0.4, -0.2) is 18.6 Å². The van der Waals surface area contributed by atoms with Crippen LogP contribution in [0.25, 0.3) is 0 Å². The summed E-state index contributed by atoms with van der Waals surface area (Å²) in [6.45, 7) is 13.2. The maximum Gasteiger partial charge on any atom is 0.315 e. The van der Waals surface area contributed by atoms with Gasteiger partial charge in [0, 0.05) is 6.54 Å². The highest BCUT2D eigenvalue weighted by molar-refractivity contribution is 5.76. The van der Waals surface area contributed by atoms with Crippen molar-refractivity contribution in [2.45, 2.75) is 54.0 Å². The smallest absolute Gasteiger partial charge is 0.315 e. The number of amides is 2. The third-order valence-corrected chi connectivity index (χ3v) is 1.60. The van der Waals surface area contributed by atoms with Gasteiger partial charge in [-0.05, 0) is 5.92 Å². The Morgan fingerprint density at radius 1 is 1.36 bits per heavy atom. The average molecular weight is 202 g/mol. The van der Waals surface area contributed by atoms with Gasteiger partial charge >= 0.3 is 6.03 Å². The average Bonchev–Trinajstić information content (AvgIpc) is 2.57. The van der Waals surface area contributed by atoms with Gasteiger partial charge in [-0.1, -0.05) is 48.0 Å². The van der Waals surface area contributed by atoms with Gasteiger partial charge in [-0.2, -0.15) is 0 Å². The van der Waals surface area contributed by atoms with Gasteiger partial charge in [0.25, 0.3) is 0 Å². The van der Waals surface area contributed by atoms with Gasteiger partial charge < -0.3 is 10.6 Å². The first-order valence-corrected chi connectivity index (χ1v) is 5.66. The molecule has 2 amide bonds. The second-order valence-corrected chi connectivity index (χ2v) is 3.41. The molecule has 0 aromatic heterocycles. The minimum Gasteiger partial charge on any atom is -0.336 e. The molecule has 1 aliphatic rings. The van der Waals surface area contributed by atoms with Crippen LogP contribution in [0.15, 0.2) is 0 Å². The van der Waals surface area contributed by atoms with E-state index in [4.69, 9.17) is 0 Å². The first-order valence-electron chi connectivity index (χ1n) is 5.66. The molecule has 0 aliphatic carbocycles. The summed E-state index contributed by atoms with van der Waals surface area (Å²) in [7, 11) is 0. The second kappa shape index (κ2) is 10.4. The zero-order valence-electron chi connectivity index (χ0n) is 10.5. The molecular weight excluding hydrogens is 176 g/mol. The molecule has 0 radical (unpaired) electrons. The lowest BCUT2D eigenvalue weighted by Crippen LogP contribution is -2.30. The van der Waals surface area contributed by atoms with Crippen LogP contribution in [0.4, 0.5) is 4.79 Å².